The Kier molecular flexibility index (Phi) is 5.40. The standard InChI is InChI=1S/C14H22N2O3S2/c1-3-13-4-5-14(20-13)21(18,19)15-10-12-6-8-16(9-7-12)11(2)17/h4-5,12,15H,3,6-10H2,1-2H3. The molecule has 118 valence electrons. The molecule has 7 heteroatoms. The molecule has 1 saturated heterocycles. The maximum Gasteiger partial charge on any atom is 0.250 e. The predicted octanol–water partition coefficient (Wildman–Crippen LogP) is 1.85. The van der Waals surface area contributed by atoms with E-state index in [0.717, 1.165) is 37.2 Å². The van der Waals surface area contributed by atoms with Crippen LogP contribution in [0.1, 0.15) is 31.6 Å². The number of thiophene rings is 1. The van der Waals surface area contributed by atoms with Crippen molar-refractivity contribution in [1.29, 1.82) is 0 Å². The van der Waals surface area contributed by atoms with Gasteiger partial charge in [-0.1, -0.05) is 6.92 Å². The molecule has 1 amide bonds. The molecule has 0 aliphatic carbocycles. The highest BCUT2D eigenvalue weighted by molar-refractivity contribution is 7.91. The van der Waals surface area contributed by atoms with Crippen LogP contribution < -0.4 is 4.72 Å². The summed E-state index contributed by atoms with van der Waals surface area (Å²) in [5, 5.41) is 0. The normalized spacial score (nSPS) is 17.1. The summed E-state index contributed by atoms with van der Waals surface area (Å²) in [4.78, 5) is 14.1. The van der Waals surface area contributed by atoms with E-state index in [1.54, 1.807) is 13.0 Å². The zero-order valence-corrected chi connectivity index (χ0v) is 14.1. The molecule has 0 saturated carbocycles. The molecule has 0 atom stereocenters. The van der Waals surface area contributed by atoms with Crippen molar-refractivity contribution in [3.05, 3.63) is 17.0 Å². The fourth-order valence-corrected chi connectivity index (χ4v) is 4.90. The molecule has 5 nitrogen and oxygen atoms in total. The van der Waals surface area contributed by atoms with E-state index >= 15 is 0 Å². The Labute approximate surface area is 130 Å². The van der Waals surface area contributed by atoms with Crippen molar-refractivity contribution in [2.24, 2.45) is 5.92 Å². The lowest BCUT2D eigenvalue weighted by Gasteiger charge is -2.31. The summed E-state index contributed by atoms with van der Waals surface area (Å²) in [7, 11) is -3.39. The molecule has 0 bridgehead atoms. The quantitative estimate of drug-likeness (QED) is 0.896. The van der Waals surface area contributed by atoms with Crippen molar-refractivity contribution in [1.82, 2.24) is 9.62 Å². The SMILES string of the molecule is CCc1ccc(S(=O)(=O)NCC2CCN(C(C)=O)CC2)s1. The number of nitrogens with zero attached hydrogens (tertiary/aromatic N) is 1. The second-order valence-electron chi connectivity index (χ2n) is 5.38. The predicted molar refractivity (Wildman–Crippen MR) is 83.9 cm³/mol. The second-order valence-corrected chi connectivity index (χ2v) is 8.54. The average Bonchev–Trinajstić information content (AvgIpc) is 2.95. The van der Waals surface area contributed by atoms with Crippen LogP contribution in [0.5, 0.6) is 0 Å². The van der Waals surface area contributed by atoms with Gasteiger partial charge in [0.15, 0.2) is 0 Å². The molecule has 1 aliphatic rings. The molecule has 1 N–H and O–H groups in total. The van der Waals surface area contributed by atoms with Crippen LogP contribution >= 0.6 is 11.3 Å². The van der Waals surface area contributed by atoms with Gasteiger partial charge in [-0.15, -0.1) is 11.3 Å². The molecule has 0 spiro atoms. The summed E-state index contributed by atoms with van der Waals surface area (Å²) in [5.74, 6) is 0.403. The molecular formula is C14H22N2O3S2. The summed E-state index contributed by atoms with van der Waals surface area (Å²) in [5.41, 5.74) is 0. The Morgan fingerprint density at radius 3 is 2.57 bits per heavy atom. The number of likely N-dealkylation sites (tertiary alicyclic amines) is 1. The van der Waals surface area contributed by atoms with Crippen LogP contribution in [-0.2, 0) is 21.2 Å². The fraction of sp³-hybridized carbons (Fsp3) is 0.643. The third kappa shape index (κ3) is 4.28. The zero-order valence-electron chi connectivity index (χ0n) is 12.5. The largest absolute Gasteiger partial charge is 0.343 e. The highest BCUT2D eigenvalue weighted by Gasteiger charge is 2.23. The average molecular weight is 330 g/mol. The van der Waals surface area contributed by atoms with Gasteiger partial charge in [-0.2, -0.15) is 0 Å². The van der Waals surface area contributed by atoms with Crippen molar-refractivity contribution >= 4 is 27.3 Å². The van der Waals surface area contributed by atoms with E-state index in [2.05, 4.69) is 4.72 Å². The van der Waals surface area contributed by atoms with Gasteiger partial charge in [-0.3, -0.25) is 4.79 Å². The van der Waals surface area contributed by atoms with Crippen LogP contribution in [0.2, 0.25) is 0 Å². The molecule has 1 aromatic rings. The molecular weight excluding hydrogens is 308 g/mol. The molecule has 1 fully saturated rings. The number of carbonyl (C=O) groups is 1. The van der Waals surface area contributed by atoms with Crippen molar-refractivity contribution < 1.29 is 13.2 Å². The third-order valence-corrected chi connectivity index (χ3v) is 7.02. The van der Waals surface area contributed by atoms with Crippen molar-refractivity contribution in [2.45, 2.75) is 37.3 Å². The molecule has 0 unspecified atom stereocenters. The first kappa shape index (κ1) is 16.5. The van der Waals surface area contributed by atoms with Crippen LogP contribution in [0.3, 0.4) is 0 Å². The summed E-state index contributed by atoms with van der Waals surface area (Å²) in [6.07, 6.45) is 2.56. The number of piperidine rings is 1. The first-order chi connectivity index (χ1) is 9.92. The molecule has 1 aromatic heterocycles. The first-order valence-electron chi connectivity index (χ1n) is 7.26. The number of aryl methyl sites for hydroxylation is 1. The Hall–Kier alpha value is -0.920. The Morgan fingerprint density at radius 1 is 1.38 bits per heavy atom. The molecule has 0 radical (unpaired) electrons. The lowest BCUT2D eigenvalue weighted by molar-refractivity contribution is -0.130. The van der Waals surface area contributed by atoms with Crippen molar-refractivity contribution in [2.75, 3.05) is 19.6 Å². The van der Waals surface area contributed by atoms with Gasteiger partial charge in [0.25, 0.3) is 0 Å². The summed E-state index contributed by atoms with van der Waals surface area (Å²) in [6.45, 7) is 5.48. The van der Waals surface area contributed by atoms with Gasteiger partial charge >= 0.3 is 0 Å². The second kappa shape index (κ2) is 6.89. The molecule has 2 heterocycles. The number of amides is 1. The highest BCUT2D eigenvalue weighted by atomic mass is 32.2. The minimum Gasteiger partial charge on any atom is -0.343 e. The summed E-state index contributed by atoms with van der Waals surface area (Å²) >= 11 is 1.33. The summed E-state index contributed by atoms with van der Waals surface area (Å²) in [6, 6.07) is 3.54. The van der Waals surface area contributed by atoms with E-state index in [1.807, 2.05) is 17.9 Å². The smallest absolute Gasteiger partial charge is 0.250 e. The van der Waals surface area contributed by atoms with Gasteiger partial charge in [-0.25, -0.2) is 13.1 Å². The van der Waals surface area contributed by atoms with Gasteiger partial charge in [-0.05, 0) is 37.3 Å². The number of nitrogens with one attached hydrogen (secondary N) is 1. The number of carbonyl (C=O) groups excluding carboxylic acids is 1. The Bertz CT molecular complexity index is 587. The van der Waals surface area contributed by atoms with E-state index in [0.29, 0.717) is 16.7 Å². The van der Waals surface area contributed by atoms with Crippen LogP contribution in [-0.4, -0.2) is 38.9 Å². The minimum atomic E-state index is -3.39. The lowest BCUT2D eigenvalue weighted by Crippen LogP contribution is -2.40. The maximum absolute atomic E-state index is 12.2. The van der Waals surface area contributed by atoms with E-state index in [4.69, 9.17) is 0 Å². The molecule has 1 aliphatic heterocycles. The first-order valence-corrected chi connectivity index (χ1v) is 9.56. The third-order valence-electron chi connectivity index (χ3n) is 3.87. The van der Waals surface area contributed by atoms with Crippen molar-refractivity contribution in [3.63, 3.8) is 0 Å². The highest BCUT2D eigenvalue weighted by Crippen LogP contribution is 2.23. The number of hydrogen-bond donors (Lipinski definition) is 1. The molecule has 2 rings (SSSR count). The lowest BCUT2D eigenvalue weighted by atomic mass is 9.97. The van der Waals surface area contributed by atoms with Gasteiger partial charge in [0.1, 0.15) is 4.21 Å². The number of rotatable bonds is 5. The van der Waals surface area contributed by atoms with E-state index < -0.39 is 10.0 Å². The minimum absolute atomic E-state index is 0.0970. The maximum atomic E-state index is 12.2. The fourth-order valence-electron chi connectivity index (χ4n) is 2.44. The summed E-state index contributed by atoms with van der Waals surface area (Å²) < 4.78 is 27.5. The van der Waals surface area contributed by atoms with Gasteiger partial charge in [0.2, 0.25) is 15.9 Å². The van der Waals surface area contributed by atoms with Crippen LogP contribution in [0, 0.1) is 5.92 Å². The molecule has 21 heavy (non-hydrogen) atoms. The monoisotopic (exact) mass is 330 g/mol. The van der Waals surface area contributed by atoms with Gasteiger partial charge < -0.3 is 4.90 Å². The van der Waals surface area contributed by atoms with Gasteiger partial charge in [0, 0.05) is 31.4 Å². The van der Waals surface area contributed by atoms with Crippen molar-refractivity contribution in [3.8, 4) is 0 Å². The van der Waals surface area contributed by atoms with Crippen LogP contribution in [0.25, 0.3) is 0 Å². The topological polar surface area (TPSA) is 66.5 Å². The zero-order chi connectivity index (χ0) is 15.5. The van der Waals surface area contributed by atoms with Gasteiger partial charge in [0.05, 0.1) is 0 Å². The van der Waals surface area contributed by atoms with Crippen LogP contribution in [0.15, 0.2) is 16.3 Å². The number of sulfonamides is 1. The van der Waals surface area contributed by atoms with E-state index in [1.165, 1.54) is 11.3 Å². The van der Waals surface area contributed by atoms with Crippen LogP contribution in [0.4, 0.5) is 0 Å². The van der Waals surface area contributed by atoms with E-state index in [-0.39, 0.29) is 5.91 Å². The number of hydrogen-bond acceptors (Lipinski definition) is 4. The molecule has 0 aromatic carbocycles. The van der Waals surface area contributed by atoms with E-state index in [9.17, 15) is 13.2 Å². The Balaban J connectivity index is 1.86. The Morgan fingerprint density at radius 2 is 2.05 bits per heavy atom.